The van der Waals surface area contributed by atoms with Crippen LogP contribution in [0.1, 0.15) is 9.67 Å². The van der Waals surface area contributed by atoms with Crippen LogP contribution in [0.2, 0.25) is 0 Å². The van der Waals surface area contributed by atoms with Gasteiger partial charge < -0.3 is 10.6 Å². The maximum absolute atomic E-state index is 13.4. The fraction of sp³-hybridized carbons (Fsp3) is 0.0769. The first-order chi connectivity index (χ1) is 10.8. The number of nitrogens with one attached hydrogen (secondary N) is 2. The fourth-order valence-electron chi connectivity index (χ4n) is 1.52. The van der Waals surface area contributed by atoms with Crippen molar-refractivity contribution in [1.82, 2.24) is 5.32 Å². The number of thiophene rings is 1. The zero-order valence-corrected chi connectivity index (χ0v) is 15.0. The molecule has 1 aromatic carbocycles. The topological polar surface area (TPSA) is 58.2 Å². The largest absolute Gasteiger partial charge is 0.342 e. The van der Waals surface area contributed by atoms with E-state index in [1.807, 2.05) is 0 Å². The van der Waals surface area contributed by atoms with E-state index in [4.69, 9.17) is 0 Å². The van der Waals surface area contributed by atoms with Crippen LogP contribution in [0.15, 0.2) is 26.5 Å². The summed E-state index contributed by atoms with van der Waals surface area (Å²) in [6.07, 6.45) is 0. The Labute approximate surface area is 149 Å². The van der Waals surface area contributed by atoms with Gasteiger partial charge in [0.15, 0.2) is 17.5 Å². The Kier molecular flexibility index (Phi) is 5.82. The molecule has 0 saturated carbocycles. The lowest BCUT2D eigenvalue weighted by Crippen LogP contribution is -2.32. The van der Waals surface area contributed by atoms with Gasteiger partial charge in [-0.1, -0.05) is 0 Å². The molecule has 2 amide bonds. The van der Waals surface area contributed by atoms with E-state index < -0.39 is 41.5 Å². The molecule has 0 fully saturated rings. The summed E-state index contributed by atoms with van der Waals surface area (Å²) in [6, 6.07) is 3.14. The first-order valence-electron chi connectivity index (χ1n) is 5.96. The molecule has 2 aromatic rings. The van der Waals surface area contributed by atoms with Crippen LogP contribution in [0, 0.1) is 17.5 Å². The Balaban J connectivity index is 1.95. The molecule has 0 atom stereocenters. The van der Waals surface area contributed by atoms with Gasteiger partial charge in [-0.05, 0) is 50.1 Å². The second-order valence-electron chi connectivity index (χ2n) is 4.19. The summed E-state index contributed by atoms with van der Waals surface area (Å²) in [5.74, 6) is -5.82. The number of carbonyl (C=O) groups excluding carboxylic acids is 2. The molecule has 1 aromatic heterocycles. The average molecular weight is 472 g/mol. The molecule has 2 N–H and O–H groups in total. The molecule has 4 nitrogen and oxygen atoms in total. The molecule has 0 aliphatic carbocycles. The number of amides is 2. The summed E-state index contributed by atoms with van der Waals surface area (Å²) in [7, 11) is 0. The monoisotopic (exact) mass is 470 g/mol. The summed E-state index contributed by atoms with van der Waals surface area (Å²) in [5, 5.41) is 4.38. The molecule has 0 unspecified atom stereocenters. The molecule has 10 heteroatoms. The van der Waals surface area contributed by atoms with Gasteiger partial charge in [-0.3, -0.25) is 9.59 Å². The number of hydrogen-bond donors (Lipinski definition) is 2. The van der Waals surface area contributed by atoms with E-state index in [-0.39, 0.29) is 0 Å². The minimum Gasteiger partial charge on any atom is -0.342 e. The minimum atomic E-state index is -1.68. The molecule has 0 spiro atoms. The van der Waals surface area contributed by atoms with Crippen LogP contribution < -0.4 is 10.6 Å². The molecule has 0 saturated heterocycles. The van der Waals surface area contributed by atoms with E-state index in [0.29, 0.717) is 15.4 Å². The highest BCUT2D eigenvalue weighted by Crippen LogP contribution is 2.32. The molecular weight excluding hydrogens is 465 g/mol. The molecule has 0 aliphatic heterocycles. The lowest BCUT2D eigenvalue weighted by molar-refractivity contribution is -0.115. The average Bonchev–Trinajstić information content (AvgIpc) is 2.85. The Morgan fingerprint density at radius 1 is 1.13 bits per heavy atom. The van der Waals surface area contributed by atoms with E-state index in [1.54, 1.807) is 6.07 Å². The van der Waals surface area contributed by atoms with Crippen molar-refractivity contribution in [2.24, 2.45) is 0 Å². The number of halogens is 5. The van der Waals surface area contributed by atoms with Crippen LogP contribution in [0.5, 0.6) is 0 Å². The highest BCUT2D eigenvalue weighted by molar-refractivity contribution is 9.13. The number of hydrogen-bond acceptors (Lipinski definition) is 3. The van der Waals surface area contributed by atoms with Crippen molar-refractivity contribution < 1.29 is 22.8 Å². The summed E-state index contributed by atoms with van der Waals surface area (Å²) in [6.45, 7) is -0.454. The molecular formula is C13H7Br2F3N2O2S. The third-order valence-corrected chi connectivity index (χ3v) is 5.84. The fourth-order valence-corrected chi connectivity index (χ4v) is 3.48. The van der Waals surface area contributed by atoms with Gasteiger partial charge in [0.1, 0.15) is 0 Å². The van der Waals surface area contributed by atoms with Gasteiger partial charge in [0.05, 0.1) is 20.9 Å². The normalized spacial score (nSPS) is 10.5. The van der Waals surface area contributed by atoms with Gasteiger partial charge in [-0.25, -0.2) is 13.2 Å². The van der Waals surface area contributed by atoms with Crippen LogP contribution in [-0.2, 0) is 4.79 Å². The second-order valence-corrected chi connectivity index (χ2v) is 7.41. The SMILES string of the molecule is O=C(CNC(=O)c1cc(Br)c(Br)s1)Nc1ccc(F)c(F)c1F. The summed E-state index contributed by atoms with van der Waals surface area (Å²) in [5.41, 5.74) is -0.509. The molecule has 0 aliphatic rings. The lowest BCUT2D eigenvalue weighted by atomic mass is 10.2. The number of carbonyl (C=O) groups is 2. The van der Waals surface area contributed by atoms with Crippen LogP contribution in [0.3, 0.4) is 0 Å². The first-order valence-corrected chi connectivity index (χ1v) is 8.36. The maximum atomic E-state index is 13.4. The highest BCUT2D eigenvalue weighted by Gasteiger charge is 2.16. The zero-order valence-electron chi connectivity index (χ0n) is 11.1. The van der Waals surface area contributed by atoms with Gasteiger partial charge in [0, 0.05) is 4.47 Å². The van der Waals surface area contributed by atoms with Crippen LogP contribution in [-0.4, -0.2) is 18.4 Å². The Hall–Kier alpha value is -1.39. The Morgan fingerprint density at radius 2 is 1.83 bits per heavy atom. The summed E-state index contributed by atoms with van der Waals surface area (Å²) >= 11 is 7.62. The Morgan fingerprint density at radius 3 is 2.43 bits per heavy atom. The molecule has 2 rings (SSSR count). The van der Waals surface area contributed by atoms with Gasteiger partial charge in [-0.2, -0.15) is 0 Å². The van der Waals surface area contributed by atoms with Crippen LogP contribution >= 0.6 is 43.2 Å². The predicted octanol–water partition coefficient (Wildman–Crippen LogP) is 4.06. The summed E-state index contributed by atoms with van der Waals surface area (Å²) < 4.78 is 40.6. The van der Waals surface area contributed by atoms with E-state index in [2.05, 4.69) is 42.5 Å². The minimum absolute atomic E-state index is 0.357. The van der Waals surface area contributed by atoms with Crippen molar-refractivity contribution in [3.8, 4) is 0 Å². The van der Waals surface area contributed by atoms with Crippen molar-refractivity contribution in [3.63, 3.8) is 0 Å². The van der Waals surface area contributed by atoms with Gasteiger partial charge >= 0.3 is 0 Å². The third-order valence-electron chi connectivity index (χ3n) is 2.59. The predicted molar refractivity (Wildman–Crippen MR) is 87.0 cm³/mol. The molecule has 0 bridgehead atoms. The molecule has 0 radical (unpaired) electrons. The van der Waals surface area contributed by atoms with Crippen molar-refractivity contribution in [3.05, 3.63) is 48.8 Å². The molecule has 1 heterocycles. The standard InChI is InChI=1S/C13H7Br2F3N2O2S/c14-5-3-8(23-12(5)15)13(22)19-4-9(21)20-7-2-1-6(16)10(17)11(7)18/h1-3H,4H2,(H,19,22)(H,20,21). The quantitative estimate of drug-likeness (QED) is 0.660. The number of anilines is 1. The molecule has 23 heavy (non-hydrogen) atoms. The van der Waals surface area contributed by atoms with E-state index in [0.717, 1.165) is 21.2 Å². The van der Waals surface area contributed by atoms with E-state index in [1.165, 1.54) is 0 Å². The zero-order chi connectivity index (χ0) is 17.1. The van der Waals surface area contributed by atoms with Gasteiger partial charge in [-0.15, -0.1) is 11.3 Å². The van der Waals surface area contributed by atoms with Crippen LogP contribution in [0.25, 0.3) is 0 Å². The van der Waals surface area contributed by atoms with Crippen molar-refractivity contribution in [2.75, 3.05) is 11.9 Å². The van der Waals surface area contributed by atoms with E-state index in [9.17, 15) is 22.8 Å². The van der Waals surface area contributed by atoms with E-state index >= 15 is 0 Å². The smallest absolute Gasteiger partial charge is 0.261 e. The van der Waals surface area contributed by atoms with Crippen molar-refractivity contribution in [1.29, 1.82) is 0 Å². The van der Waals surface area contributed by atoms with Crippen LogP contribution in [0.4, 0.5) is 18.9 Å². The number of rotatable bonds is 4. The third kappa shape index (κ3) is 4.33. The lowest BCUT2D eigenvalue weighted by Gasteiger charge is -2.08. The van der Waals surface area contributed by atoms with Gasteiger partial charge in [0.2, 0.25) is 5.91 Å². The van der Waals surface area contributed by atoms with Crippen molar-refractivity contribution in [2.45, 2.75) is 0 Å². The first kappa shape index (κ1) is 18.0. The number of benzene rings is 1. The van der Waals surface area contributed by atoms with Crippen molar-refractivity contribution >= 4 is 60.7 Å². The maximum Gasteiger partial charge on any atom is 0.261 e. The second kappa shape index (κ2) is 7.45. The highest BCUT2D eigenvalue weighted by atomic mass is 79.9. The Bertz CT molecular complexity index is 763. The summed E-state index contributed by atoms with van der Waals surface area (Å²) in [4.78, 5) is 23.8. The van der Waals surface area contributed by atoms with Gasteiger partial charge in [0.25, 0.3) is 5.91 Å². The molecule has 122 valence electrons.